The number of benzene rings is 2. The van der Waals surface area contributed by atoms with Crippen molar-refractivity contribution < 1.29 is 28.7 Å². The van der Waals surface area contributed by atoms with Crippen molar-refractivity contribution in [2.24, 2.45) is 5.92 Å². The highest BCUT2D eigenvalue weighted by atomic mass is 16.6. The predicted molar refractivity (Wildman–Crippen MR) is 189 cm³/mol. The van der Waals surface area contributed by atoms with Crippen LogP contribution in [-0.2, 0) is 30.3 Å². The molecule has 0 fully saturated rings. The SMILES string of the molecule is C#Cc1ccc(C(C(=O)NC(Cc2ccccc2)C(=O)OC(C)(C)C)N(CCCCC)C(=O)C(NC(=O)OC(C)(C)C)C(C)CC)cc1. The third-order valence-electron chi connectivity index (χ3n) is 7.68. The Balaban J connectivity index is 2.66. The first-order chi connectivity index (χ1) is 22.5. The first-order valence-corrected chi connectivity index (χ1v) is 16.9. The molecule has 0 aliphatic rings. The van der Waals surface area contributed by atoms with Crippen LogP contribution in [0.15, 0.2) is 54.6 Å². The maximum absolute atomic E-state index is 14.6. The summed E-state index contributed by atoms with van der Waals surface area (Å²) in [6.45, 7) is 16.6. The van der Waals surface area contributed by atoms with Crippen LogP contribution in [0.2, 0.25) is 0 Å². The summed E-state index contributed by atoms with van der Waals surface area (Å²) < 4.78 is 11.2. The molecule has 2 rings (SSSR count). The van der Waals surface area contributed by atoms with Crippen LogP contribution in [0.4, 0.5) is 4.79 Å². The van der Waals surface area contributed by atoms with Crippen LogP contribution < -0.4 is 10.6 Å². The zero-order valence-corrected chi connectivity index (χ0v) is 30.2. The minimum Gasteiger partial charge on any atom is -0.458 e. The average molecular weight is 662 g/mol. The molecule has 48 heavy (non-hydrogen) atoms. The lowest BCUT2D eigenvalue weighted by molar-refractivity contribution is -0.159. The number of esters is 1. The van der Waals surface area contributed by atoms with E-state index < -0.39 is 53.2 Å². The van der Waals surface area contributed by atoms with Crippen molar-refractivity contribution in [3.63, 3.8) is 0 Å². The summed E-state index contributed by atoms with van der Waals surface area (Å²) in [7, 11) is 0. The zero-order valence-electron chi connectivity index (χ0n) is 30.2. The van der Waals surface area contributed by atoms with E-state index in [4.69, 9.17) is 15.9 Å². The van der Waals surface area contributed by atoms with Crippen LogP contribution in [-0.4, -0.2) is 58.6 Å². The highest BCUT2D eigenvalue weighted by Crippen LogP contribution is 2.27. The highest BCUT2D eigenvalue weighted by molar-refractivity contribution is 5.94. The number of carbonyl (C=O) groups excluding carboxylic acids is 4. The number of alkyl carbamates (subject to hydrolysis) is 1. The number of nitrogens with zero attached hydrogens (tertiary/aromatic N) is 1. The van der Waals surface area contributed by atoms with Gasteiger partial charge in [0.2, 0.25) is 11.8 Å². The normalized spacial score (nSPS) is 14.0. The number of hydrogen-bond acceptors (Lipinski definition) is 6. The number of amides is 3. The fourth-order valence-electron chi connectivity index (χ4n) is 5.10. The number of carbonyl (C=O) groups is 4. The maximum atomic E-state index is 14.6. The summed E-state index contributed by atoms with van der Waals surface area (Å²) in [6.07, 6.45) is 8.00. The molecule has 3 amide bonds. The van der Waals surface area contributed by atoms with Crippen LogP contribution >= 0.6 is 0 Å². The molecule has 0 bridgehead atoms. The molecule has 0 aromatic heterocycles. The Labute approximate surface area is 287 Å². The largest absolute Gasteiger partial charge is 0.458 e. The van der Waals surface area contributed by atoms with Crippen molar-refractivity contribution in [3.05, 3.63) is 71.3 Å². The molecule has 0 saturated heterocycles. The Morgan fingerprint density at radius 2 is 1.46 bits per heavy atom. The van der Waals surface area contributed by atoms with Gasteiger partial charge in [0.15, 0.2) is 0 Å². The van der Waals surface area contributed by atoms with Crippen LogP contribution in [0.3, 0.4) is 0 Å². The summed E-state index contributed by atoms with van der Waals surface area (Å²) in [4.78, 5) is 57.2. The molecular weight excluding hydrogens is 606 g/mol. The minimum atomic E-state index is -1.14. The standard InChI is InChI=1S/C39H55N3O6/c1-11-14-18-25-42(35(44)32(27(4)12-2)41-37(46)48-39(8,9)10)33(30-23-21-28(13-3)22-24-30)34(43)40-31(36(45)47-38(5,6)7)26-29-19-16-15-17-20-29/h3,15-17,19-24,27,31-33H,11-12,14,18,25-26H2,1-2,4-10H3,(H,40,43)(H,41,46). The summed E-state index contributed by atoms with van der Waals surface area (Å²) >= 11 is 0. The van der Waals surface area contributed by atoms with Gasteiger partial charge in [0.1, 0.15) is 29.3 Å². The molecule has 0 spiro atoms. The van der Waals surface area contributed by atoms with Gasteiger partial charge in [-0.15, -0.1) is 6.42 Å². The molecular formula is C39H55N3O6. The van der Waals surface area contributed by atoms with Gasteiger partial charge >= 0.3 is 12.1 Å². The van der Waals surface area contributed by atoms with Crippen molar-refractivity contribution in [2.75, 3.05) is 6.54 Å². The first-order valence-electron chi connectivity index (χ1n) is 16.9. The van der Waals surface area contributed by atoms with Crippen molar-refractivity contribution in [1.82, 2.24) is 15.5 Å². The molecule has 4 atom stereocenters. The summed E-state index contributed by atoms with van der Waals surface area (Å²) in [6, 6.07) is 13.1. The Morgan fingerprint density at radius 3 is 1.98 bits per heavy atom. The van der Waals surface area contributed by atoms with E-state index in [2.05, 4.69) is 23.5 Å². The van der Waals surface area contributed by atoms with E-state index in [9.17, 15) is 19.2 Å². The second-order valence-electron chi connectivity index (χ2n) is 14.2. The third-order valence-corrected chi connectivity index (χ3v) is 7.68. The fourth-order valence-corrected chi connectivity index (χ4v) is 5.10. The van der Waals surface area contributed by atoms with Crippen LogP contribution in [0.5, 0.6) is 0 Å². The molecule has 0 saturated carbocycles. The second kappa shape index (κ2) is 18.3. The number of hydrogen-bond donors (Lipinski definition) is 2. The monoisotopic (exact) mass is 661 g/mol. The molecule has 0 aliphatic carbocycles. The molecule has 9 heteroatoms. The highest BCUT2D eigenvalue weighted by Gasteiger charge is 2.39. The second-order valence-corrected chi connectivity index (χ2v) is 14.2. The summed E-state index contributed by atoms with van der Waals surface area (Å²) in [5.41, 5.74) is 0.392. The van der Waals surface area contributed by atoms with Crippen LogP contribution in [0, 0.1) is 18.3 Å². The molecule has 0 heterocycles. The lowest BCUT2D eigenvalue weighted by atomic mass is 9.95. The van der Waals surface area contributed by atoms with E-state index in [0.29, 0.717) is 24.0 Å². The topological polar surface area (TPSA) is 114 Å². The van der Waals surface area contributed by atoms with Gasteiger partial charge in [-0.25, -0.2) is 9.59 Å². The fraction of sp³-hybridized carbons (Fsp3) is 0.538. The lowest BCUT2D eigenvalue weighted by Gasteiger charge is -2.36. The van der Waals surface area contributed by atoms with Gasteiger partial charge in [0.05, 0.1) is 0 Å². The van der Waals surface area contributed by atoms with Gasteiger partial charge in [-0.2, -0.15) is 0 Å². The summed E-state index contributed by atoms with van der Waals surface area (Å²) in [5.74, 6) is 0.740. The van der Waals surface area contributed by atoms with E-state index in [1.807, 2.05) is 44.2 Å². The number of unbranched alkanes of at least 4 members (excludes halogenated alkanes) is 2. The molecule has 9 nitrogen and oxygen atoms in total. The van der Waals surface area contributed by atoms with Crippen molar-refractivity contribution in [1.29, 1.82) is 0 Å². The zero-order chi connectivity index (χ0) is 36.1. The predicted octanol–water partition coefficient (Wildman–Crippen LogP) is 6.74. The third kappa shape index (κ3) is 13.1. The molecule has 0 aliphatic heterocycles. The van der Waals surface area contributed by atoms with Gasteiger partial charge in [-0.05, 0) is 77.1 Å². The Morgan fingerprint density at radius 1 is 0.854 bits per heavy atom. The van der Waals surface area contributed by atoms with Gasteiger partial charge in [-0.3, -0.25) is 9.59 Å². The molecule has 2 N–H and O–H groups in total. The smallest absolute Gasteiger partial charge is 0.408 e. The number of terminal acetylenes is 1. The van der Waals surface area contributed by atoms with Gasteiger partial charge in [-0.1, -0.05) is 88.4 Å². The van der Waals surface area contributed by atoms with Crippen molar-refractivity contribution >= 4 is 23.9 Å². The summed E-state index contributed by atoms with van der Waals surface area (Å²) in [5, 5.41) is 5.73. The van der Waals surface area contributed by atoms with Gasteiger partial charge < -0.3 is 25.0 Å². The molecule has 2 aromatic carbocycles. The minimum absolute atomic E-state index is 0.184. The van der Waals surface area contributed by atoms with Crippen LogP contribution in [0.1, 0.15) is 111 Å². The van der Waals surface area contributed by atoms with E-state index in [0.717, 1.165) is 18.4 Å². The van der Waals surface area contributed by atoms with Gasteiger partial charge in [0.25, 0.3) is 0 Å². The molecule has 4 unspecified atom stereocenters. The number of ether oxygens (including phenoxy) is 2. The van der Waals surface area contributed by atoms with E-state index in [1.165, 1.54) is 4.90 Å². The number of rotatable bonds is 15. The van der Waals surface area contributed by atoms with E-state index in [-0.39, 0.29) is 18.9 Å². The Hall–Kier alpha value is -4.32. The molecule has 0 radical (unpaired) electrons. The van der Waals surface area contributed by atoms with Crippen molar-refractivity contribution in [3.8, 4) is 12.3 Å². The van der Waals surface area contributed by atoms with E-state index >= 15 is 0 Å². The van der Waals surface area contributed by atoms with Crippen LogP contribution in [0.25, 0.3) is 0 Å². The van der Waals surface area contributed by atoms with Crippen molar-refractivity contribution in [2.45, 2.75) is 124 Å². The molecule has 262 valence electrons. The lowest BCUT2D eigenvalue weighted by Crippen LogP contribution is -2.56. The Bertz CT molecular complexity index is 1390. The quantitative estimate of drug-likeness (QED) is 0.124. The average Bonchev–Trinajstić information content (AvgIpc) is 3.01. The molecule has 2 aromatic rings. The first kappa shape index (κ1) is 39.9. The maximum Gasteiger partial charge on any atom is 0.408 e. The van der Waals surface area contributed by atoms with E-state index in [1.54, 1.807) is 65.8 Å². The Kier molecular flexibility index (Phi) is 15.2. The van der Waals surface area contributed by atoms with Gasteiger partial charge in [0, 0.05) is 18.5 Å². The number of nitrogens with one attached hydrogen (secondary N) is 2.